The summed E-state index contributed by atoms with van der Waals surface area (Å²) < 4.78 is 6.44. The van der Waals surface area contributed by atoms with Crippen LogP contribution in [0, 0.1) is 5.92 Å². The summed E-state index contributed by atoms with van der Waals surface area (Å²) in [5.41, 5.74) is 0.479. The van der Waals surface area contributed by atoms with Crippen LogP contribution in [0.5, 0.6) is 5.75 Å². The fraction of sp³-hybridized carbons (Fsp3) is 0.333. The molecule has 0 saturated heterocycles. The van der Waals surface area contributed by atoms with Gasteiger partial charge in [0.05, 0.1) is 11.5 Å². The molecule has 1 aromatic carbocycles. The topological polar surface area (TPSA) is 63.6 Å². The minimum atomic E-state index is -0.783. The minimum absolute atomic E-state index is 0.107. The van der Waals surface area contributed by atoms with E-state index in [1.54, 1.807) is 18.2 Å². The zero-order valence-electron chi connectivity index (χ0n) is 8.93. The van der Waals surface area contributed by atoms with Crippen LogP contribution in [0.25, 0.3) is 0 Å². The van der Waals surface area contributed by atoms with Gasteiger partial charge in [0, 0.05) is 4.47 Å². The highest BCUT2D eigenvalue weighted by Crippen LogP contribution is 2.33. The number of benzene rings is 1. The standard InChI is InChI=1S/C12H11BrO4/c13-9-2-1-7(6-14)11(5-9)17-10-3-8(4-10)12(15)16/h1-2,5-6,8,10H,3-4H2,(H,15,16). The first kappa shape index (κ1) is 12.1. The van der Waals surface area contributed by atoms with Gasteiger partial charge in [0.15, 0.2) is 6.29 Å². The lowest BCUT2D eigenvalue weighted by Crippen LogP contribution is -2.38. The predicted molar refractivity (Wildman–Crippen MR) is 64.3 cm³/mol. The summed E-state index contributed by atoms with van der Waals surface area (Å²) in [6.07, 6.45) is 1.62. The van der Waals surface area contributed by atoms with E-state index in [0.717, 1.165) is 10.8 Å². The summed E-state index contributed by atoms with van der Waals surface area (Å²) in [7, 11) is 0. The molecule has 2 rings (SSSR count). The summed E-state index contributed by atoms with van der Waals surface area (Å²) in [4.78, 5) is 21.4. The molecule has 0 spiro atoms. The van der Waals surface area contributed by atoms with Gasteiger partial charge in [0.2, 0.25) is 0 Å². The number of ether oxygens (including phenoxy) is 1. The van der Waals surface area contributed by atoms with Crippen molar-refractivity contribution in [1.29, 1.82) is 0 Å². The van der Waals surface area contributed by atoms with Crippen LogP contribution < -0.4 is 4.74 Å². The maximum absolute atomic E-state index is 10.8. The summed E-state index contributed by atoms with van der Waals surface area (Å²) in [5, 5.41) is 8.74. The molecule has 0 heterocycles. The maximum atomic E-state index is 10.8. The van der Waals surface area contributed by atoms with Crippen LogP contribution in [0.2, 0.25) is 0 Å². The third-order valence-corrected chi connectivity index (χ3v) is 3.33. The van der Waals surface area contributed by atoms with E-state index >= 15 is 0 Å². The molecule has 1 saturated carbocycles. The molecule has 0 aromatic heterocycles. The molecule has 4 nitrogen and oxygen atoms in total. The van der Waals surface area contributed by atoms with E-state index in [4.69, 9.17) is 9.84 Å². The number of rotatable bonds is 4. The molecule has 1 N–H and O–H groups in total. The van der Waals surface area contributed by atoms with Crippen LogP contribution in [0.15, 0.2) is 22.7 Å². The second kappa shape index (κ2) is 4.87. The number of carboxylic acids is 1. The van der Waals surface area contributed by atoms with Gasteiger partial charge in [-0.1, -0.05) is 15.9 Å². The molecule has 90 valence electrons. The molecule has 0 atom stereocenters. The molecule has 1 aromatic rings. The smallest absolute Gasteiger partial charge is 0.306 e. The molecular weight excluding hydrogens is 288 g/mol. The number of hydrogen-bond donors (Lipinski definition) is 1. The Kier molecular flexibility index (Phi) is 3.47. The van der Waals surface area contributed by atoms with E-state index in [-0.39, 0.29) is 12.0 Å². The lowest BCUT2D eigenvalue weighted by atomic mass is 9.82. The first-order chi connectivity index (χ1) is 8.10. The number of halogens is 1. The van der Waals surface area contributed by atoms with Gasteiger partial charge in [-0.05, 0) is 31.0 Å². The Balaban J connectivity index is 2.02. The van der Waals surface area contributed by atoms with Crippen molar-refractivity contribution in [3.05, 3.63) is 28.2 Å². The monoisotopic (exact) mass is 298 g/mol. The second-order valence-corrected chi connectivity index (χ2v) is 4.96. The Morgan fingerprint density at radius 1 is 1.47 bits per heavy atom. The third-order valence-electron chi connectivity index (χ3n) is 2.84. The number of carboxylic acid groups (broad SMARTS) is 1. The molecule has 5 heteroatoms. The zero-order chi connectivity index (χ0) is 12.4. The molecule has 1 fully saturated rings. The Morgan fingerprint density at radius 3 is 2.76 bits per heavy atom. The molecule has 0 aliphatic heterocycles. The Hall–Kier alpha value is -1.36. The van der Waals surface area contributed by atoms with E-state index in [1.807, 2.05) is 0 Å². The van der Waals surface area contributed by atoms with Gasteiger partial charge >= 0.3 is 5.97 Å². The van der Waals surface area contributed by atoms with Crippen molar-refractivity contribution in [2.75, 3.05) is 0 Å². The van der Waals surface area contributed by atoms with Gasteiger partial charge < -0.3 is 9.84 Å². The van der Waals surface area contributed by atoms with E-state index in [9.17, 15) is 9.59 Å². The van der Waals surface area contributed by atoms with E-state index in [2.05, 4.69) is 15.9 Å². The summed E-state index contributed by atoms with van der Waals surface area (Å²) in [6, 6.07) is 5.15. The Labute approximate surface area is 107 Å². The van der Waals surface area contributed by atoms with Crippen LogP contribution in [-0.2, 0) is 4.79 Å². The van der Waals surface area contributed by atoms with E-state index in [0.29, 0.717) is 24.2 Å². The van der Waals surface area contributed by atoms with Gasteiger partial charge in [-0.3, -0.25) is 9.59 Å². The summed E-state index contributed by atoms with van der Waals surface area (Å²) >= 11 is 3.30. The van der Waals surface area contributed by atoms with Crippen molar-refractivity contribution in [2.24, 2.45) is 5.92 Å². The summed E-state index contributed by atoms with van der Waals surface area (Å²) in [5.74, 6) is -0.593. The van der Waals surface area contributed by atoms with Crippen molar-refractivity contribution >= 4 is 28.2 Å². The van der Waals surface area contributed by atoms with Gasteiger partial charge in [-0.2, -0.15) is 0 Å². The van der Waals surface area contributed by atoms with Crippen molar-refractivity contribution in [1.82, 2.24) is 0 Å². The van der Waals surface area contributed by atoms with E-state index < -0.39 is 5.97 Å². The van der Waals surface area contributed by atoms with Crippen LogP contribution >= 0.6 is 15.9 Å². The number of carbonyl (C=O) groups is 2. The normalized spacial score (nSPS) is 22.6. The fourth-order valence-electron chi connectivity index (χ4n) is 1.75. The van der Waals surface area contributed by atoms with Crippen LogP contribution in [0.4, 0.5) is 0 Å². The second-order valence-electron chi connectivity index (χ2n) is 4.05. The SMILES string of the molecule is O=Cc1ccc(Br)cc1OC1CC(C(=O)O)C1. The predicted octanol–water partition coefficient (Wildman–Crippen LogP) is 2.50. The quantitative estimate of drug-likeness (QED) is 0.868. The highest BCUT2D eigenvalue weighted by Gasteiger charge is 2.36. The number of aldehydes is 1. The Morgan fingerprint density at radius 2 is 2.18 bits per heavy atom. The molecule has 0 radical (unpaired) electrons. The lowest BCUT2D eigenvalue weighted by molar-refractivity contribution is -0.147. The van der Waals surface area contributed by atoms with Gasteiger partial charge in [-0.25, -0.2) is 0 Å². The van der Waals surface area contributed by atoms with Crippen molar-refractivity contribution in [3.63, 3.8) is 0 Å². The first-order valence-electron chi connectivity index (χ1n) is 5.24. The third kappa shape index (κ3) is 2.66. The fourth-order valence-corrected chi connectivity index (χ4v) is 2.09. The lowest BCUT2D eigenvalue weighted by Gasteiger charge is -2.32. The molecule has 17 heavy (non-hydrogen) atoms. The van der Waals surface area contributed by atoms with Crippen LogP contribution in [0.3, 0.4) is 0 Å². The summed E-state index contributed by atoms with van der Waals surface area (Å²) in [6.45, 7) is 0. The highest BCUT2D eigenvalue weighted by molar-refractivity contribution is 9.10. The number of hydrogen-bond acceptors (Lipinski definition) is 3. The highest BCUT2D eigenvalue weighted by atomic mass is 79.9. The molecular formula is C12H11BrO4. The average molecular weight is 299 g/mol. The molecule has 1 aliphatic carbocycles. The Bertz CT molecular complexity index is 452. The first-order valence-corrected chi connectivity index (χ1v) is 6.03. The zero-order valence-corrected chi connectivity index (χ0v) is 10.5. The van der Waals surface area contributed by atoms with Gasteiger partial charge in [-0.15, -0.1) is 0 Å². The van der Waals surface area contributed by atoms with Gasteiger partial charge in [0.1, 0.15) is 11.9 Å². The van der Waals surface area contributed by atoms with Crippen molar-refractivity contribution in [3.8, 4) is 5.75 Å². The maximum Gasteiger partial charge on any atom is 0.306 e. The number of carbonyl (C=O) groups excluding carboxylic acids is 1. The molecule has 0 bridgehead atoms. The molecule has 0 amide bonds. The molecule has 1 aliphatic rings. The van der Waals surface area contributed by atoms with Crippen LogP contribution in [-0.4, -0.2) is 23.5 Å². The largest absolute Gasteiger partial charge is 0.490 e. The van der Waals surface area contributed by atoms with E-state index in [1.165, 1.54) is 0 Å². The van der Waals surface area contributed by atoms with Crippen molar-refractivity contribution < 1.29 is 19.4 Å². The van der Waals surface area contributed by atoms with Crippen LogP contribution in [0.1, 0.15) is 23.2 Å². The van der Waals surface area contributed by atoms with Gasteiger partial charge in [0.25, 0.3) is 0 Å². The minimum Gasteiger partial charge on any atom is -0.490 e. The van der Waals surface area contributed by atoms with Crippen molar-refractivity contribution in [2.45, 2.75) is 18.9 Å². The number of aliphatic carboxylic acids is 1. The molecule has 0 unspecified atom stereocenters. The average Bonchev–Trinajstić information content (AvgIpc) is 2.22.